The van der Waals surface area contributed by atoms with Gasteiger partial charge in [-0.25, -0.2) is 8.78 Å². The van der Waals surface area contributed by atoms with Crippen LogP contribution < -0.4 is 9.80 Å². The number of hydrogen-bond donors (Lipinski definition) is 0. The van der Waals surface area contributed by atoms with Gasteiger partial charge in [0.05, 0.1) is 27.6 Å². The second-order valence-electron chi connectivity index (χ2n) is 26.5. The van der Waals surface area contributed by atoms with Crippen molar-refractivity contribution in [2.24, 2.45) is 0 Å². The van der Waals surface area contributed by atoms with E-state index in [0.29, 0.717) is 11.4 Å². The summed E-state index contributed by atoms with van der Waals surface area (Å²) in [5, 5.41) is 0. The van der Waals surface area contributed by atoms with Crippen molar-refractivity contribution >= 4 is 40.2 Å². The normalized spacial score (nSPS) is 16.9. The van der Waals surface area contributed by atoms with E-state index in [0.717, 1.165) is 118 Å². The monoisotopic (exact) mass is 1250 g/mol. The van der Waals surface area contributed by atoms with Crippen LogP contribution in [-0.4, -0.2) is 0 Å². The molecule has 97 heavy (non-hydrogen) atoms. The first kappa shape index (κ1) is 57.9. The number of para-hydroxylation sites is 2. The molecule has 3 unspecified atom stereocenters. The molecule has 18 rings (SSSR count). The van der Waals surface area contributed by atoms with Crippen molar-refractivity contribution in [3.8, 4) is 44.5 Å². The Kier molecular flexibility index (Phi) is 13.3. The molecule has 0 aliphatic heterocycles. The summed E-state index contributed by atoms with van der Waals surface area (Å²) < 4.78 is 34.8. The molecule has 0 bridgehead atoms. The number of halogens is 2. The lowest BCUT2D eigenvalue weighted by atomic mass is 9.67. The van der Waals surface area contributed by atoms with Gasteiger partial charge in [-0.2, -0.15) is 0 Å². The Labute approximate surface area is 566 Å². The maximum absolute atomic E-state index is 17.4. The van der Waals surface area contributed by atoms with E-state index < -0.39 is 16.2 Å². The summed E-state index contributed by atoms with van der Waals surface area (Å²) in [6, 6.07) is 113. The molecule has 0 saturated heterocycles. The van der Waals surface area contributed by atoms with Gasteiger partial charge < -0.3 is 9.80 Å². The van der Waals surface area contributed by atoms with Crippen molar-refractivity contribution in [2.75, 3.05) is 9.80 Å². The van der Waals surface area contributed by atoms with Crippen LogP contribution >= 0.6 is 0 Å². The fourth-order valence-corrected chi connectivity index (χ4v) is 17.4. The summed E-state index contributed by atoms with van der Waals surface area (Å²) in [6.45, 7) is 10.6. The highest BCUT2D eigenvalue weighted by Crippen LogP contribution is 2.66. The standard InChI is InChI=1S/C93H66F2N2/c1-5-61-35-43-65(44-36-61)91(63-39-31-59(3)32-40-63)79-23-11-7-19-71(79)75-51-47-67(55-83(75)91)96(89-29-17-15-27-87(89)94)69-49-53-77-73-21-9-13-25-81(73)93(85(77)57-69)82-26-14-10-22-74(82)78-54-50-70(58-86(78)93)97(90-30-18-16-28-88(90)95)68-48-52-76-72-20-8-12-24-80(72)92(84(76)56-68,64-41-33-60(4)34-42-64)66-45-37-62(6-2)38-46-66/h5,7-58H,1,6H2,2-4H3. The van der Waals surface area contributed by atoms with E-state index in [1.165, 1.54) is 44.5 Å². The number of fused-ring (bicyclic) bond motifs is 16. The highest BCUT2D eigenvalue weighted by molar-refractivity contribution is 5.99. The SMILES string of the molecule is C=Cc1ccc(C2(c3ccc(C)cc3)c3ccccc3-c3ccc(N(c4ccc5c(c4)C4(c6ccccc6-5)c5ccccc5-c5ccc(N(c6ccc7c(c6)C(c6ccc(C)cc6)(c6ccc(CC)cc6)c6ccccc6-7)c6ccccc6F)cc54)c4ccccc4F)cc32)cc1. The van der Waals surface area contributed by atoms with E-state index >= 15 is 8.78 Å². The van der Waals surface area contributed by atoms with Crippen molar-refractivity contribution in [3.63, 3.8) is 0 Å². The average Bonchev–Trinajstić information content (AvgIpc) is 1.52. The zero-order valence-corrected chi connectivity index (χ0v) is 54.2. The van der Waals surface area contributed by atoms with Crippen LogP contribution in [0.15, 0.2) is 322 Å². The molecule has 4 heteroatoms. The number of rotatable bonds is 12. The van der Waals surface area contributed by atoms with Gasteiger partial charge in [-0.3, -0.25) is 0 Å². The Morgan fingerprint density at radius 3 is 0.907 bits per heavy atom. The van der Waals surface area contributed by atoms with E-state index in [4.69, 9.17) is 0 Å². The smallest absolute Gasteiger partial charge is 0.147 e. The highest BCUT2D eigenvalue weighted by Gasteiger charge is 2.53. The van der Waals surface area contributed by atoms with Crippen LogP contribution in [0, 0.1) is 25.5 Å². The van der Waals surface area contributed by atoms with Gasteiger partial charge in [-0.1, -0.05) is 273 Å². The Morgan fingerprint density at radius 1 is 0.299 bits per heavy atom. The Bertz CT molecular complexity index is 5520. The average molecular weight is 1250 g/mol. The molecule has 4 aliphatic rings. The molecule has 0 N–H and O–H groups in total. The number of nitrogens with zero attached hydrogens (tertiary/aromatic N) is 2. The quantitative estimate of drug-likeness (QED) is 0.120. The fourth-order valence-electron chi connectivity index (χ4n) is 17.4. The topological polar surface area (TPSA) is 6.48 Å². The minimum absolute atomic E-state index is 0.337. The summed E-state index contributed by atoms with van der Waals surface area (Å²) in [5.74, 6) is -0.679. The molecule has 0 saturated carbocycles. The van der Waals surface area contributed by atoms with Crippen LogP contribution in [0.25, 0.3) is 50.6 Å². The molecule has 0 amide bonds. The van der Waals surface area contributed by atoms with Crippen LogP contribution in [0.3, 0.4) is 0 Å². The lowest BCUT2D eigenvalue weighted by Crippen LogP contribution is -2.29. The van der Waals surface area contributed by atoms with Gasteiger partial charge in [-0.05, 0) is 215 Å². The minimum atomic E-state index is -0.881. The van der Waals surface area contributed by atoms with Crippen molar-refractivity contribution in [1.29, 1.82) is 0 Å². The van der Waals surface area contributed by atoms with Crippen LogP contribution in [0.2, 0.25) is 0 Å². The van der Waals surface area contributed by atoms with Gasteiger partial charge >= 0.3 is 0 Å². The molecular weight excluding hydrogens is 1180 g/mol. The van der Waals surface area contributed by atoms with Crippen LogP contribution in [0.1, 0.15) is 95.9 Å². The predicted molar refractivity (Wildman–Crippen MR) is 396 cm³/mol. The minimum Gasteiger partial charge on any atom is -0.308 e. The van der Waals surface area contributed by atoms with E-state index in [-0.39, 0.29) is 11.6 Å². The van der Waals surface area contributed by atoms with E-state index in [1.807, 2.05) is 30.3 Å². The second kappa shape index (κ2) is 22.2. The molecule has 4 aliphatic carbocycles. The number of aryl methyl sites for hydroxylation is 3. The first-order valence-electron chi connectivity index (χ1n) is 33.7. The van der Waals surface area contributed by atoms with Crippen LogP contribution in [0.5, 0.6) is 0 Å². The molecule has 14 aromatic rings. The van der Waals surface area contributed by atoms with Gasteiger partial charge in [0.25, 0.3) is 0 Å². The molecule has 462 valence electrons. The molecule has 0 radical (unpaired) electrons. The number of benzene rings is 14. The lowest BCUT2D eigenvalue weighted by Gasteiger charge is -2.36. The summed E-state index contributed by atoms with van der Waals surface area (Å²) in [7, 11) is 0. The van der Waals surface area contributed by atoms with Gasteiger partial charge in [0.1, 0.15) is 11.6 Å². The zero-order valence-electron chi connectivity index (χ0n) is 54.2. The fraction of sp³-hybridized carbons (Fsp3) is 0.0753. The third-order valence-electron chi connectivity index (χ3n) is 21.7. The molecule has 14 aromatic carbocycles. The van der Waals surface area contributed by atoms with Gasteiger partial charge in [0, 0.05) is 22.7 Å². The first-order chi connectivity index (χ1) is 47.6. The van der Waals surface area contributed by atoms with Crippen molar-refractivity contribution in [3.05, 3.63) is 423 Å². The van der Waals surface area contributed by atoms with Gasteiger partial charge in [-0.15, -0.1) is 0 Å². The third-order valence-corrected chi connectivity index (χ3v) is 21.7. The Morgan fingerprint density at radius 2 is 0.577 bits per heavy atom. The summed E-state index contributed by atoms with van der Waals surface area (Å²) in [4.78, 5) is 4.25. The summed E-state index contributed by atoms with van der Waals surface area (Å²) in [5.41, 5.74) is 29.2. The molecule has 0 heterocycles. The molecule has 1 spiro atoms. The number of anilines is 6. The third kappa shape index (κ3) is 8.29. The largest absolute Gasteiger partial charge is 0.308 e. The van der Waals surface area contributed by atoms with Gasteiger partial charge in [0.15, 0.2) is 0 Å². The first-order valence-corrected chi connectivity index (χ1v) is 33.7. The van der Waals surface area contributed by atoms with Gasteiger partial charge in [0.2, 0.25) is 0 Å². The summed E-state index contributed by atoms with van der Waals surface area (Å²) in [6.07, 6.45) is 2.82. The molecule has 3 atom stereocenters. The van der Waals surface area contributed by atoms with Crippen molar-refractivity contribution in [2.45, 2.75) is 43.4 Å². The van der Waals surface area contributed by atoms with Crippen molar-refractivity contribution < 1.29 is 8.78 Å². The Balaban J connectivity index is 0.859. The lowest BCUT2D eigenvalue weighted by molar-refractivity contribution is 0.628. The van der Waals surface area contributed by atoms with E-state index in [9.17, 15) is 0 Å². The second-order valence-corrected chi connectivity index (χ2v) is 26.5. The maximum atomic E-state index is 17.4. The van der Waals surface area contributed by atoms with Crippen LogP contribution in [0.4, 0.5) is 42.9 Å². The number of hydrogen-bond acceptors (Lipinski definition) is 2. The van der Waals surface area contributed by atoms with E-state index in [2.05, 4.69) is 304 Å². The molecule has 2 nitrogen and oxygen atoms in total. The van der Waals surface area contributed by atoms with E-state index in [1.54, 1.807) is 24.3 Å². The predicted octanol–water partition coefficient (Wildman–Crippen LogP) is 23.8. The maximum Gasteiger partial charge on any atom is 0.147 e. The Hall–Kier alpha value is -11.7. The highest BCUT2D eigenvalue weighted by atomic mass is 19.1. The molecular formula is C93H66F2N2. The summed E-state index contributed by atoms with van der Waals surface area (Å²) >= 11 is 0. The van der Waals surface area contributed by atoms with Crippen LogP contribution in [-0.2, 0) is 22.7 Å². The molecule has 0 fully saturated rings. The zero-order chi connectivity index (χ0) is 65.3. The van der Waals surface area contributed by atoms with Crippen molar-refractivity contribution in [1.82, 2.24) is 0 Å². The molecule has 0 aromatic heterocycles.